The standard InChI is InChI=1S/C33H28FO5S2/c1-22-19-26(40-27-9-5-7-11-29(27)41(36,37)30-12-8-6-10-28(30)40)20-23(2)32(22)38-21-31(35)39-33(3,4)18-17-24-13-15-25(34)16-14-24/h5-16,19-20H,21H2,1-4H3/q+1. The number of rotatable bonds is 5. The Morgan fingerprint density at radius 1 is 0.878 bits per heavy atom. The van der Waals surface area contributed by atoms with E-state index >= 15 is 0 Å². The fourth-order valence-electron chi connectivity index (χ4n) is 4.66. The highest BCUT2D eigenvalue weighted by Crippen LogP contribution is 2.45. The molecular weight excluding hydrogens is 559 g/mol. The van der Waals surface area contributed by atoms with Crippen LogP contribution in [-0.2, 0) is 30.3 Å². The van der Waals surface area contributed by atoms with E-state index in [2.05, 4.69) is 11.8 Å². The molecule has 0 aromatic heterocycles. The van der Waals surface area contributed by atoms with Crippen LogP contribution in [0.3, 0.4) is 0 Å². The van der Waals surface area contributed by atoms with Crippen LogP contribution in [0.1, 0.15) is 30.5 Å². The summed E-state index contributed by atoms with van der Waals surface area (Å²) in [5.41, 5.74) is 1.17. The van der Waals surface area contributed by atoms with E-state index in [0.717, 1.165) is 25.8 Å². The molecule has 4 aromatic carbocycles. The van der Waals surface area contributed by atoms with Gasteiger partial charge in [-0.15, -0.1) is 0 Å². The second kappa shape index (κ2) is 11.1. The minimum atomic E-state index is -3.62. The summed E-state index contributed by atoms with van der Waals surface area (Å²) < 4.78 is 51.3. The number of carbonyl (C=O) groups excluding carboxylic acids is 1. The van der Waals surface area contributed by atoms with Gasteiger partial charge in [0.05, 0.1) is 0 Å². The van der Waals surface area contributed by atoms with Crippen molar-refractivity contribution in [1.82, 2.24) is 0 Å². The molecule has 0 atom stereocenters. The van der Waals surface area contributed by atoms with E-state index in [1.807, 2.05) is 50.2 Å². The average molecular weight is 588 g/mol. The van der Waals surface area contributed by atoms with Gasteiger partial charge < -0.3 is 9.47 Å². The molecule has 0 spiro atoms. The molecule has 0 bridgehead atoms. The van der Waals surface area contributed by atoms with Crippen LogP contribution in [0.25, 0.3) is 0 Å². The highest BCUT2D eigenvalue weighted by atomic mass is 32.2. The number of esters is 1. The predicted molar refractivity (Wildman–Crippen MR) is 155 cm³/mol. The first-order chi connectivity index (χ1) is 19.5. The topological polar surface area (TPSA) is 69.7 Å². The Labute approximate surface area is 242 Å². The van der Waals surface area contributed by atoms with Gasteiger partial charge in [-0.05, 0) is 87.4 Å². The number of aryl methyl sites for hydroxylation is 2. The monoisotopic (exact) mass is 587 g/mol. The Morgan fingerprint density at radius 2 is 1.41 bits per heavy atom. The summed E-state index contributed by atoms with van der Waals surface area (Å²) in [7, 11) is -4.26. The lowest BCUT2D eigenvalue weighted by molar-refractivity contribution is -0.154. The van der Waals surface area contributed by atoms with E-state index in [9.17, 15) is 17.6 Å². The molecule has 0 saturated carbocycles. The molecular formula is C33H28FO5S2+. The van der Waals surface area contributed by atoms with Crippen LogP contribution < -0.4 is 4.74 Å². The number of ether oxygens (including phenoxy) is 2. The van der Waals surface area contributed by atoms with Crippen molar-refractivity contribution in [2.75, 3.05) is 6.61 Å². The Balaban J connectivity index is 1.36. The Kier molecular flexibility index (Phi) is 7.69. The van der Waals surface area contributed by atoms with Crippen molar-refractivity contribution in [3.8, 4) is 17.6 Å². The van der Waals surface area contributed by atoms with E-state index < -0.39 is 32.3 Å². The van der Waals surface area contributed by atoms with Gasteiger partial charge in [-0.3, -0.25) is 0 Å². The molecule has 1 heterocycles. The minimum absolute atomic E-state index is 0.307. The smallest absolute Gasteiger partial charge is 0.345 e. The Morgan fingerprint density at radius 3 is 1.98 bits per heavy atom. The maximum Gasteiger partial charge on any atom is 0.345 e. The number of hydrogen-bond donors (Lipinski definition) is 0. The lowest BCUT2D eigenvalue weighted by Gasteiger charge is -2.21. The van der Waals surface area contributed by atoms with Crippen molar-refractivity contribution < 1.29 is 27.1 Å². The third-order valence-electron chi connectivity index (χ3n) is 6.44. The number of carbonyl (C=O) groups is 1. The zero-order valence-electron chi connectivity index (χ0n) is 23.0. The van der Waals surface area contributed by atoms with Crippen LogP contribution in [0, 0.1) is 31.5 Å². The molecule has 0 aliphatic carbocycles. The third-order valence-corrected chi connectivity index (χ3v) is 10.9. The fourth-order valence-corrected chi connectivity index (χ4v) is 9.53. The van der Waals surface area contributed by atoms with Gasteiger partial charge in [-0.1, -0.05) is 36.1 Å². The largest absolute Gasteiger partial charge is 0.481 e. The van der Waals surface area contributed by atoms with Crippen molar-refractivity contribution in [2.45, 2.75) is 57.8 Å². The van der Waals surface area contributed by atoms with E-state index in [1.54, 1.807) is 50.2 Å². The minimum Gasteiger partial charge on any atom is -0.481 e. The van der Waals surface area contributed by atoms with E-state index in [0.29, 0.717) is 21.1 Å². The average Bonchev–Trinajstić information content (AvgIpc) is 2.92. The molecule has 0 amide bonds. The normalized spacial score (nSPS) is 13.8. The first kappa shape index (κ1) is 28.5. The first-order valence-corrected chi connectivity index (χ1v) is 15.6. The molecule has 208 valence electrons. The number of hydrogen-bond acceptors (Lipinski definition) is 5. The molecule has 5 rings (SSSR count). The molecule has 8 heteroatoms. The number of halogens is 1. The van der Waals surface area contributed by atoms with Gasteiger partial charge in [0.15, 0.2) is 26.9 Å². The summed E-state index contributed by atoms with van der Waals surface area (Å²) >= 11 is 0. The molecule has 1 aliphatic rings. The molecule has 0 N–H and O–H groups in total. The SMILES string of the molecule is Cc1cc([S+]2c3ccccc3S(=O)(=O)c3ccccc32)cc(C)c1OCC(=O)OC(C)(C)C#Cc1ccc(F)cc1. The molecule has 0 radical (unpaired) electrons. The molecule has 5 nitrogen and oxygen atoms in total. The first-order valence-electron chi connectivity index (χ1n) is 12.9. The quantitative estimate of drug-likeness (QED) is 0.135. The summed E-state index contributed by atoms with van der Waals surface area (Å²) in [6.45, 7) is 6.84. The lowest BCUT2D eigenvalue weighted by Crippen LogP contribution is -2.29. The third kappa shape index (κ3) is 5.88. The van der Waals surface area contributed by atoms with Crippen molar-refractivity contribution >= 4 is 26.7 Å². The van der Waals surface area contributed by atoms with Crippen molar-refractivity contribution in [3.63, 3.8) is 0 Å². The summed E-state index contributed by atoms with van der Waals surface area (Å²) in [4.78, 5) is 15.8. The molecule has 41 heavy (non-hydrogen) atoms. The molecule has 0 saturated heterocycles. The van der Waals surface area contributed by atoms with Crippen molar-refractivity contribution in [3.05, 3.63) is 107 Å². The second-order valence-electron chi connectivity index (χ2n) is 10.1. The zero-order valence-corrected chi connectivity index (χ0v) is 24.7. The maximum absolute atomic E-state index is 13.4. The highest BCUT2D eigenvalue weighted by Gasteiger charge is 2.45. The van der Waals surface area contributed by atoms with Gasteiger partial charge >= 0.3 is 5.97 Å². The van der Waals surface area contributed by atoms with Crippen LogP contribution in [-0.4, -0.2) is 26.6 Å². The van der Waals surface area contributed by atoms with E-state index in [1.165, 1.54) is 12.1 Å². The number of fused-ring (bicyclic) bond motifs is 2. The lowest BCUT2D eigenvalue weighted by atomic mass is 10.1. The van der Waals surface area contributed by atoms with E-state index in [4.69, 9.17) is 9.47 Å². The molecule has 1 aliphatic heterocycles. The summed E-state index contributed by atoms with van der Waals surface area (Å²) in [5, 5.41) is 0. The molecule has 0 unspecified atom stereocenters. The van der Waals surface area contributed by atoms with Gasteiger partial charge in [-0.25, -0.2) is 17.6 Å². The van der Waals surface area contributed by atoms with Crippen LogP contribution >= 0.6 is 0 Å². The van der Waals surface area contributed by atoms with Gasteiger partial charge in [0.2, 0.25) is 9.84 Å². The van der Waals surface area contributed by atoms with Crippen LogP contribution in [0.4, 0.5) is 4.39 Å². The highest BCUT2D eigenvalue weighted by molar-refractivity contribution is 8.00. The Hall–Kier alpha value is -4.06. The number of benzene rings is 4. The molecule has 0 fully saturated rings. The van der Waals surface area contributed by atoms with Gasteiger partial charge in [0, 0.05) is 17.7 Å². The van der Waals surface area contributed by atoms with Gasteiger partial charge in [-0.2, -0.15) is 0 Å². The summed E-state index contributed by atoms with van der Waals surface area (Å²) in [6.07, 6.45) is 0. The van der Waals surface area contributed by atoms with Gasteiger partial charge in [0.25, 0.3) is 0 Å². The predicted octanol–water partition coefficient (Wildman–Crippen LogP) is 6.44. The zero-order chi connectivity index (χ0) is 29.4. The number of sulfone groups is 1. The van der Waals surface area contributed by atoms with Crippen molar-refractivity contribution in [1.29, 1.82) is 0 Å². The summed E-state index contributed by atoms with van der Waals surface area (Å²) in [6, 6.07) is 24.0. The summed E-state index contributed by atoms with van der Waals surface area (Å²) in [5.74, 6) is 5.44. The van der Waals surface area contributed by atoms with Crippen LogP contribution in [0.5, 0.6) is 5.75 Å². The van der Waals surface area contributed by atoms with Crippen molar-refractivity contribution in [2.24, 2.45) is 0 Å². The van der Waals surface area contributed by atoms with Crippen LogP contribution in [0.15, 0.2) is 109 Å². The fraction of sp³-hybridized carbons (Fsp3) is 0.182. The van der Waals surface area contributed by atoms with E-state index in [-0.39, 0.29) is 12.4 Å². The molecule has 4 aromatic rings. The second-order valence-corrected chi connectivity index (χ2v) is 14.0. The maximum atomic E-state index is 13.4. The Bertz CT molecular complexity index is 1740. The van der Waals surface area contributed by atoms with Gasteiger partial charge in [0.1, 0.15) is 32.3 Å². The van der Waals surface area contributed by atoms with Crippen LogP contribution in [0.2, 0.25) is 0 Å².